The second kappa shape index (κ2) is 14.6. The molecule has 0 saturated carbocycles. The van der Waals surface area contributed by atoms with Crippen molar-refractivity contribution in [3.63, 3.8) is 0 Å². The number of carbonyl (C=O) groups excluding carboxylic acids is 3. The number of benzene rings is 1. The quantitative estimate of drug-likeness (QED) is 0.160. The summed E-state index contributed by atoms with van der Waals surface area (Å²) in [7, 11) is 2.89. The van der Waals surface area contributed by atoms with Crippen LogP contribution < -0.4 is 11.1 Å². The first-order valence-corrected chi connectivity index (χ1v) is 12.9. The monoisotopic (exact) mass is 560 g/mol. The summed E-state index contributed by atoms with van der Waals surface area (Å²) in [4.78, 5) is 36.3. The van der Waals surface area contributed by atoms with Crippen molar-refractivity contribution >= 4 is 24.0 Å². The Morgan fingerprint density at radius 1 is 1.18 bits per heavy atom. The number of methoxy groups -OCH3 is 2. The summed E-state index contributed by atoms with van der Waals surface area (Å²) >= 11 is 0. The highest BCUT2D eigenvalue weighted by Gasteiger charge is 2.30. The van der Waals surface area contributed by atoms with E-state index in [1.807, 2.05) is 6.92 Å². The van der Waals surface area contributed by atoms with Crippen LogP contribution in [0.3, 0.4) is 0 Å². The number of allylic oxidation sites excluding steroid dienone is 2. The van der Waals surface area contributed by atoms with Gasteiger partial charge in [-0.25, -0.2) is 4.79 Å². The normalized spacial score (nSPS) is 30.2. The van der Waals surface area contributed by atoms with Crippen LogP contribution >= 0.6 is 0 Å². The Kier molecular flexibility index (Phi) is 11.9. The molecule has 11 heteroatoms. The molecule has 0 aromatic heterocycles. The van der Waals surface area contributed by atoms with Gasteiger partial charge in [-0.05, 0) is 38.2 Å². The molecule has 6 atom stereocenters. The van der Waals surface area contributed by atoms with Crippen LogP contribution in [-0.2, 0) is 25.4 Å². The van der Waals surface area contributed by atoms with Crippen LogP contribution in [0.4, 0.5) is 10.5 Å². The van der Waals surface area contributed by atoms with Gasteiger partial charge in [-0.1, -0.05) is 38.2 Å². The Hall–Kier alpha value is -3.67. The molecule has 0 fully saturated rings. The molecule has 0 saturated heterocycles. The highest BCUT2D eigenvalue weighted by atomic mass is 16.6. The van der Waals surface area contributed by atoms with Gasteiger partial charge in [0.05, 0.1) is 23.5 Å². The average molecular weight is 561 g/mol. The highest BCUT2D eigenvalue weighted by Crippen LogP contribution is 2.38. The number of phenolic OH excluding ortho intramolecular Hbond substituents is 2. The van der Waals surface area contributed by atoms with E-state index in [0.29, 0.717) is 18.3 Å². The van der Waals surface area contributed by atoms with E-state index >= 15 is 0 Å². The molecule has 2 amide bonds. The van der Waals surface area contributed by atoms with E-state index < -0.39 is 48.1 Å². The second-order valence-corrected chi connectivity index (χ2v) is 10.1. The molecule has 1 aliphatic heterocycles. The third-order valence-electron chi connectivity index (χ3n) is 6.99. The fourth-order valence-electron chi connectivity index (χ4n) is 4.76. The van der Waals surface area contributed by atoms with Crippen molar-refractivity contribution in [2.24, 2.45) is 17.6 Å². The smallest absolute Gasteiger partial charge is 0.405 e. The molecule has 220 valence electrons. The average Bonchev–Trinajstić information content (AvgIpc) is 2.90. The highest BCUT2D eigenvalue weighted by molar-refractivity contribution is 6.05. The van der Waals surface area contributed by atoms with Gasteiger partial charge in [-0.2, -0.15) is 0 Å². The number of anilines is 1. The van der Waals surface area contributed by atoms with Crippen LogP contribution in [0.1, 0.15) is 50.0 Å². The lowest BCUT2D eigenvalue weighted by Gasteiger charge is -2.29. The fourth-order valence-corrected chi connectivity index (χ4v) is 4.76. The molecule has 1 aliphatic rings. The summed E-state index contributed by atoms with van der Waals surface area (Å²) in [5, 5.41) is 35.2. The summed E-state index contributed by atoms with van der Waals surface area (Å²) in [6.45, 7) is 6.90. The predicted molar refractivity (Wildman–Crippen MR) is 149 cm³/mol. The summed E-state index contributed by atoms with van der Waals surface area (Å²) < 4.78 is 16.5. The molecule has 6 N–H and O–H groups in total. The number of nitrogens with one attached hydrogen (secondary N) is 1. The summed E-state index contributed by atoms with van der Waals surface area (Å²) in [5.74, 6) is -1.98. The fraction of sp³-hybridized carbons (Fsp3) is 0.483. The van der Waals surface area contributed by atoms with E-state index in [1.165, 1.54) is 20.3 Å². The van der Waals surface area contributed by atoms with Gasteiger partial charge in [0, 0.05) is 37.3 Å². The Morgan fingerprint density at radius 3 is 2.42 bits per heavy atom. The van der Waals surface area contributed by atoms with Crippen molar-refractivity contribution in [1.29, 1.82) is 0 Å². The van der Waals surface area contributed by atoms with Crippen LogP contribution in [0.25, 0.3) is 0 Å². The zero-order valence-electron chi connectivity index (χ0n) is 23.7. The van der Waals surface area contributed by atoms with Gasteiger partial charge < -0.3 is 40.6 Å². The zero-order chi connectivity index (χ0) is 30.1. The van der Waals surface area contributed by atoms with Gasteiger partial charge in [0.15, 0.2) is 12.4 Å². The number of ether oxygens (including phenoxy) is 3. The van der Waals surface area contributed by atoms with Crippen LogP contribution in [0.5, 0.6) is 11.5 Å². The first kappa shape index (κ1) is 32.5. The predicted octanol–water partition coefficient (Wildman–Crippen LogP) is 3.37. The number of phenols is 2. The number of carbonyl (C=O) groups is 3. The minimum Gasteiger partial charge on any atom is -0.507 e. The molecule has 1 heterocycles. The van der Waals surface area contributed by atoms with Gasteiger partial charge in [0.2, 0.25) is 0 Å². The summed E-state index contributed by atoms with van der Waals surface area (Å²) in [5.41, 5.74) is 6.16. The SMILES string of the molecule is CO[C@H]1/C=C\C=C(/C)C(=O)Nc2cc(O)c(C=O)c(c2O)C[C@@H](C)C[C@H](OC)[C@H](O)[C@@H](C)/C=C(\C)[C@H]1OC(N)=O. The van der Waals surface area contributed by atoms with Crippen molar-refractivity contribution in [1.82, 2.24) is 0 Å². The number of hydrogen-bond acceptors (Lipinski definition) is 9. The second-order valence-electron chi connectivity index (χ2n) is 10.1. The van der Waals surface area contributed by atoms with Crippen molar-refractivity contribution in [3.05, 3.63) is 52.6 Å². The topological polar surface area (TPSA) is 178 Å². The molecule has 2 rings (SSSR count). The van der Waals surface area contributed by atoms with Crippen LogP contribution in [-0.4, -0.2) is 72.2 Å². The van der Waals surface area contributed by atoms with Crippen LogP contribution in [0.15, 0.2) is 41.5 Å². The number of aromatic hydroxyl groups is 2. The minimum atomic E-state index is -1.01. The molecule has 11 nitrogen and oxygen atoms in total. The maximum Gasteiger partial charge on any atom is 0.405 e. The molecule has 2 bridgehead atoms. The van der Waals surface area contributed by atoms with E-state index in [4.69, 9.17) is 19.9 Å². The summed E-state index contributed by atoms with van der Waals surface area (Å²) in [6, 6.07) is 1.11. The number of nitrogens with two attached hydrogens (primary N) is 1. The van der Waals surface area contributed by atoms with Gasteiger partial charge in [-0.15, -0.1) is 0 Å². The number of primary amides is 1. The summed E-state index contributed by atoms with van der Waals surface area (Å²) in [6.07, 6.45) is 2.97. The lowest BCUT2D eigenvalue weighted by Crippen LogP contribution is -2.37. The molecule has 1 aromatic rings. The lowest BCUT2D eigenvalue weighted by atomic mass is 9.87. The van der Waals surface area contributed by atoms with E-state index in [1.54, 1.807) is 39.0 Å². The molecule has 1 aromatic carbocycles. The molecule has 0 spiro atoms. The Labute approximate surface area is 234 Å². The van der Waals surface area contributed by atoms with Gasteiger partial charge >= 0.3 is 6.09 Å². The molecule has 0 unspecified atom stereocenters. The number of aliphatic hydroxyl groups excluding tert-OH is 1. The number of fused-ring (bicyclic) bond motifs is 2. The first-order valence-electron chi connectivity index (χ1n) is 12.9. The molecular weight excluding hydrogens is 520 g/mol. The molecule has 0 aliphatic carbocycles. The maximum atomic E-state index is 12.9. The molecular formula is C29H40N2O9. The first-order chi connectivity index (χ1) is 18.8. The Balaban J connectivity index is 2.66. The van der Waals surface area contributed by atoms with Gasteiger partial charge in [0.1, 0.15) is 17.6 Å². The van der Waals surface area contributed by atoms with Crippen molar-refractivity contribution in [3.8, 4) is 11.5 Å². The third kappa shape index (κ3) is 8.17. The number of amides is 2. The van der Waals surface area contributed by atoms with Gasteiger partial charge in [0.25, 0.3) is 5.91 Å². The third-order valence-corrected chi connectivity index (χ3v) is 6.99. The van der Waals surface area contributed by atoms with Gasteiger partial charge in [-0.3, -0.25) is 9.59 Å². The Bertz CT molecular complexity index is 1170. The number of rotatable bonds is 4. The van der Waals surface area contributed by atoms with Crippen LogP contribution in [0, 0.1) is 11.8 Å². The standard InChI is InChI=1S/C29H40N2O9/c1-15-10-19-20(14-32)22(33)13-21(26(19)35)31-28(36)16(2)8-7-9-23(38-5)27(40-29(30)37)18(4)12-17(3)25(34)24(11-15)39-6/h7-9,12-15,17,23-25,27,33-35H,10-11H2,1-6H3,(H2,30,37)(H,31,36)/b9-7-,16-8+,18-12+/t15-,17+,23+,24+,25-,27-/m1/s1. The van der Waals surface area contributed by atoms with Crippen LogP contribution in [0.2, 0.25) is 0 Å². The van der Waals surface area contributed by atoms with Crippen molar-refractivity contribution in [2.45, 2.75) is 65.0 Å². The van der Waals surface area contributed by atoms with E-state index in [9.17, 15) is 29.7 Å². The van der Waals surface area contributed by atoms with E-state index in [-0.39, 0.29) is 40.5 Å². The van der Waals surface area contributed by atoms with E-state index in [2.05, 4.69) is 5.32 Å². The lowest BCUT2D eigenvalue weighted by molar-refractivity contribution is -0.112. The molecule has 0 radical (unpaired) electrons. The number of aliphatic hydroxyl groups is 1. The zero-order valence-corrected chi connectivity index (χ0v) is 23.7. The Morgan fingerprint density at radius 2 is 1.85 bits per heavy atom. The molecule has 40 heavy (non-hydrogen) atoms. The van der Waals surface area contributed by atoms with Crippen molar-refractivity contribution < 1.29 is 43.9 Å². The largest absolute Gasteiger partial charge is 0.507 e. The van der Waals surface area contributed by atoms with E-state index in [0.717, 1.165) is 6.07 Å². The van der Waals surface area contributed by atoms with Crippen molar-refractivity contribution in [2.75, 3.05) is 19.5 Å². The number of hydrogen-bond donors (Lipinski definition) is 5. The minimum absolute atomic E-state index is 0.0635. The maximum absolute atomic E-state index is 12.9. The number of aldehydes is 1.